The third-order valence-electron chi connectivity index (χ3n) is 2.92. The van der Waals surface area contributed by atoms with Crippen molar-refractivity contribution in [3.8, 4) is 0 Å². The maximum Gasteiger partial charge on any atom is 0.134 e. The summed E-state index contributed by atoms with van der Waals surface area (Å²) in [5.74, 6) is 0.957. The number of ketones is 1. The Kier molecular flexibility index (Phi) is 3.54. The van der Waals surface area contributed by atoms with Gasteiger partial charge in [-0.2, -0.15) is 0 Å². The van der Waals surface area contributed by atoms with E-state index < -0.39 is 0 Å². The molecule has 2 nitrogen and oxygen atoms in total. The summed E-state index contributed by atoms with van der Waals surface area (Å²) >= 11 is 1.72. The number of carbonyl (C=O) groups is 1. The molecule has 1 atom stereocenters. The molecule has 1 aliphatic carbocycles. The number of carbonyl (C=O) groups excluding carboxylic acids is 1. The van der Waals surface area contributed by atoms with E-state index in [0.717, 1.165) is 6.42 Å². The number of rotatable bonds is 6. The van der Waals surface area contributed by atoms with Crippen LogP contribution in [0.3, 0.4) is 0 Å². The van der Waals surface area contributed by atoms with Crippen LogP contribution in [0, 0.1) is 5.92 Å². The molecule has 3 heteroatoms. The van der Waals surface area contributed by atoms with E-state index >= 15 is 0 Å². The molecule has 0 spiro atoms. The summed E-state index contributed by atoms with van der Waals surface area (Å²) in [6, 6.07) is 4.24. The first-order valence-electron chi connectivity index (χ1n) is 5.55. The van der Waals surface area contributed by atoms with Gasteiger partial charge in [0.15, 0.2) is 0 Å². The topological polar surface area (TPSA) is 43.1 Å². The van der Waals surface area contributed by atoms with Gasteiger partial charge in [0.05, 0.1) is 0 Å². The standard InChI is InChI=1S/C12H17NOS/c13-12(9-3-4-9)8-10(14)5-6-11-2-1-7-15-11/h1-2,7,9,12H,3-6,8,13H2. The van der Waals surface area contributed by atoms with Crippen LogP contribution in [0.1, 0.15) is 30.6 Å². The first kappa shape index (κ1) is 10.8. The zero-order valence-electron chi connectivity index (χ0n) is 8.82. The monoisotopic (exact) mass is 223 g/mol. The van der Waals surface area contributed by atoms with Crippen molar-refractivity contribution in [2.75, 3.05) is 0 Å². The van der Waals surface area contributed by atoms with Crippen LogP contribution in [-0.4, -0.2) is 11.8 Å². The van der Waals surface area contributed by atoms with Crippen molar-refractivity contribution in [2.24, 2.45) is 11.7 Å². The molecule has 0 amide bonds. The van der Waals surface area contributed by atoms with Crippen molar-refractivity contribution in [1.29, 1.82) is 0 Å². The molecule has 1 aliphatic rings. The van der Waals surface area contributed by atoms with E-state index in [2.05, 4.69) is 11.4 Å². The van der Waals surface area contributed by atoms with Crippen LogP contribution in [0.25, 0.3) is 0 Å². The molecular weight excluding hydrogens is 206 g/mol. The fourth-order valence-electron chi connectivity index (χ4n) is 1.77. The molecule has 1 unspecified atom stereocenters. The van der Waals surface area contributed by atoms with Gasteiger partial charge in [-0.25, -0.2) is 0 Å². The van der Waals surface area contributed by atoms with Crippen LogP contribution >= 0.6 is 11.3 Å². The molecule has 0 aliphatic heterocycles. The lowest BCUT2D eigenvalue weighted by Crippen LogP contribution is -2.25. The van der Waals surface area contributed by atoms with Crippen LogP contribution in [0.5, 0.6) is 0 Å². The molecule has 2 N–H and O–H groups in total. The van der Waals surface area contributed by atoms with Gasteiger partial charge in [0.1, 0.15) is 5.78 Å². The van der Waals surface area contributed by atoms with E-state index in [-0.39, 0.29) is 6.04 Å². The van der Waals surface area contributed by atoms with Crippen LogP contribution in [0.2, 0.25) is 0 Å². The fraction of sp³-hybridized carbons (Fsp3) is 0.583. The largest absolute Gasteiger partial charge is 0.327 e. The van der Waals surface area contributed by atoms with Gasteiger partial charge in [-0.1, -0.05) is 6.07 Å². The molecule has 0 aromatic carbocycles. The normalized spacial score (nSPS) is 17.7. The Morgan fingerprint density at radius 3 is 3.00 bits per heavy atom. The van der Waals surface area contributed by atoms with Crippen molar-refractivity contribution in [3.05, 3.63) is 22.4 Å². The lowest BCUT2D eigenvalue weighted by molar-refractivity contribution is -0.119. The molecule has 1 aromatic rings. The summed E-state index contributed by atoms with van der Waals surface area (Å²) in [7, 11) is 0. The third kappa shape index (κ3) is 3.43. The Labute approximate surface area is 94.5 Å². The molecule has 1 fully saturated rings. The average molecular weight is 223 g/mol. The molecular formula is C12H17NOS. The van der Waals surface area contributed by atoms with Crippen LogP contribution < -0.4 is 5.73 Å². The number of hydrogen-bond donors (Lipinski definition) is 1. The molecule has 1 aromatic heterocycles. The van der Waals surface area contributed by atoms with E-state index in [4.69, 9.17) is 5.73 Å². The predicted molar refractivity (Wildman–Crippen MR) is 63.0 cm³/mol. The van der Waals surface area contributed by atoms with E-state index in [1.807, 2.05) is 6.07 Å². The number of Topliss-reactive ketones (excluding diaryl/α,β-unsaturated/α-hetero) is 1. The van der Waals surface area contributed by atoms with E-state index in [1.165, 1.54) is 17.7 Å². The van der Waals surface area contributed by atoms with Crippen molar-refractivity contribution in [1.82, 2.24) is 0 Å². The molecule has 0 radical (unpaired) electrons. The highest BCUT2D eigenvalue weighted by Gasteiger charge is 2.29. The zero-order valence-corrected chi connectivity index (χ0v) is 9.63. The number of aryl methyl sites for hydroxylation is 1. The summed E-state index contributed by atoms with van der Waals surface area (Å²) in [6.45, 7) is 0. The first-order valence-corrected chi connectivity index (χ1v) is 6.43. The van der Waals surface area contributed by atoms with Crippen molar-refractivity contribution in [2.45, 2.75) is 38.1 Å². The fourth-order valence-corrected chi connectivity index (χ4v) is 2.48. The van der Waals surface area contributed by atoms with Gasteiger partial charge in [-0.05, 0) is 36.6 Å². The molecule has 0 saturated heterocycles. The Balaban J connectivity index is 1.68. The second kappa shape index (κ2) is 4.90. The molecule has 1 heterocycles. The highest BCUT2D eigenvalue weighted by molar-refractivity contribution is 7.09. The Hall–Kier alpha value is -0.670. The minimum atomic E-state index is 0.126. The minimum absolute atomic E-state index is 0.126. The van der Waals surface area contributed by atoms with Gasteiger partial charge in [0.25, 0.3) is 0 Å². The summed E-state index contributed by atoms with van der Waals surface area (Å²) < 4.78 is 0. The molecule has 15 heavy (non-hydrogen) atoms. The van der Waals surface area contributed by atoms with E-state index in [0.29, 0.717) is 24.5 Å². The van der Waals surface area contributed by atoms with E-state index in [1.54, 1.807) is 11.3 Å². The smallest absolute Gasteiger partial charge is 0.134 e. The minimum Gasteiger partial charge on any atom is -0.327 e. The Morgan fingerprint density at radius 1 is 1.60 bits per heavy atom. The second-order valence-corrected chi connectivity index (χ2v) is 5.36. The number of thiophene rings is 1. The SMILES string of the molecule is NC(CC(=O)CCc1cccs1)C1CC1. The van der Waals surface area contributed by atoms with Gasteiger partial charge >= 0.3 is 0 Å². The summed E-state index contributed by atoms with van der Waals surface area (Å²) in [6.07, 6.45) is 4.56. The first-order chi connectivity index (χ1) is 7.25. The number of nitrogens with two attached hydrogens (primary N) is 1. The summed E-state index contributed by atoms with van der Waals surface area (Å²) in [5, 5.41) is 2.05. The quantitative estimate of drug-likeness (QED) is 0.804. The highest BCUT2D eigenvalue weighted by atomic mass is 32.1. The van der Waals surface area contributed by atoms with Crippen molar-refractivity contribution >= 4 is 17.1 Å². The maximum absolute atomic E-state index is 11.6. The van der Waals surface area contributed by atoms with Gasteiger partial charge in [0.2, 0.25) is 0 Å². The van der Waals surface area contributed by atoms with Crippen molar-refractivity contribution in [3.63, 3.8) is 0 Å². The van der Waals surface area contributed by atoms with E-state index in [9.17, 15) is 4.79 Å². The lowest BCUT2D eigenvalue weighted by Gasteiger charge is -2.08. The average Bonchev–Trinajstić information content (AvgIpc) is 2.93. The van der Waals surface area contributed by atoms with Crippen LogP contribution in [0.15, 0.2) is 17.5 Å². The summed E-state index contributed by atoms with van der Waals surface area (Å²) in [5.41, 5.74) is 5.91. The molecule has 0 bridgehead atoms. The molecule has 1 saturated carbocycles. The van der Waals surface area contributed by atoms with Gasteiger partial charge in [-0.15, -0.1) is 11.3 Å². The summed E-state index contributed by atoms with van der Waals surface area (Å²) in [4.78, 5) is 12.9. The third-order valence-corrected chi connectivity index (χ3v) is 3.86. The van der Waals surface area contributed by atoms with Crippen LogP contribution in [-0.2, 0) is 11.2 Å². The maximum atomic E-state index is 11.6. The van der Waals surface area contributed by atoms with Gasteiger partial charge in [0, 0.05) is 23.8 Å². The zero-order chi connectivity index (χ0) is 10.7. The Morgan fingerprint density at radius 2 is 2.40 bits per heavy atom. The predicted octanol–water partition coefficient (Wildman–Crippen LogP) is 2.38. The molecule has 2 rings (SSSR count). The van der Waals surface area contributed by atoms with Gasteiger partial charge < -0.3 is 5.73 Å². The lowest BCUT2D eigenvalue weighted by atomic mass is 10.0. The second-order valence-electron chi connectivity index (χ2n) is 4.32. The van der Waals surface area contributed by atoms with Gasteiger partial charge in [-0.3, -0.25) is 4.79 Å². The Bertz CT molecular complexity index is 316. The van der Waals surface area contributed by atoms with Crippen LogP contribution in [0.4, 0.5) is 0 Å². The van der Waals surface area contributed by atoms with Crippen molar-refractivity contribution < 1.29 is 4.79 Å². The number of hydrogen-bond acceptors (Lipinski definition) is 3. The highest BCUT2D eigenvalue weighted by Crippen LogP contribution is 2.33. The molecule has 82 valence electrons.